The van der Waals surface area contributed by atoms with E-state index in [0.717, 1.165) is 17.7 Å². The van der Waals surface area contributed by atoms with Gasteiger partial charge in [0.1, 0.15) is 5.75 Å². The minimum absolute atomic E-state index is 0.112. The standard InChI is InChI=1S/C20H24N2O4S/c1-21(15-16-5-11-19(26-2)12-6-16)20(23)17-7-9-18(10-8-17)22-13-3-4-14-27(22,24)25/h5-12H,3-4,13-15H2,1-2H3. The molecule has 1 amide bonds. The monoisotopic (exact) mass is 388 g/mol. The summed E-state index contributed by atoms with van der Waals surface area (Å²) in [5.41, 5.74) is 2.15. The molecule has 0 spiro atoms. The van der Waals surface area contributed by atoms with Gasteiger partial charge >= 0.3 is 0 Å². The van der Waals surface area contributed by atoms with Crippen molar-refractivity contribution in [2.75, 3.05) is 30.8 Å². The summed E-state index contributed by atoms with van der Waals surface area (Å²) in [6.45, 7) is 0.970. The highest BCUT2D eigenvalue weighted by Crippen LogP contribution is 2.24. The molecule has 1 heterocycles. The highest BCUT2D eigenvalue weighted by Gasteiger charge is 2.26. The summed E-state index contributed by atoms with van der Waals surface area (Å²) in [6, 6.07) is 14.4. The average Bonchev–Trinajstić information content (AvgIpc) is 2.68. The van der Waals surface area contributed by atoms with Gasteiger partial charge in [-0.05, 0) is 54.8 Å². The van der Waals surface area contributed by atoms with Crippen LogP contribution in [0.25, 0.3) is 0 Å². The Kier molecular flexibility index (Phi) is 5.70. The third-order valence-electron chi connectivity index (χ3n) is 4.68. The van der Waals surface area contributed by atoms with Crippen molar-refractivity contribution in [3.63, 3.8) is 0 Å². The quantitative estimate of drug-likeness (QED) is 0.790. The number of benzene rings is 2. The molecule has 144 valence electrons. The first-order valence-corrected chi connectivity index (χ1v) is 10.5. The van der Waals surface area contributed by atoms with Crippen molar-refractivity contribution in [2.45, 2.75) is 19.4 Å². The van der Waals surface area contributed by atoms with Crippen molar-refractivity contribution in [1.29, 1.82) is 0 Å². The van der Waals surface area contributed by atoms with Gasteiger partial charge in [0.2, 0.25) is 10.0 Å². The topological polar surface area (TPSA) is 66.9 Å². The van der Waals surface area contributed by atoms with Gasteiger partial charge in [0.25, 0.3) is 5.91 Å². The number of ether oxygens (including phenoxy) is 1. The number of amides is 1. The van der Waals surface area contributed by atoms with Gasteiger partial charge < -0.3 is 9.64 Å². The molecule has 0 bridgehead atoms. The van der Waals surface area contributed by atoms with Crippen LogP contribution in [0.5, 0.6) is 5.75 Å². The second-order valence-corrected chi connectivity index (χ2v) is 8.66. The lowest BCUT2D eigenvalue weighted by Crippen LogP contribution is -2.37. The van der Waals surface area contributed by atoms with Crippen LogP contribution in [0, 0.1) is 0 Å². The molecule has 1 aliphatic heterocycles. The fourth-order valence-electron chi connectivity index (χ4n) is 3.15. The molecule has 0 atom stereocenters. The lowest BCUT2D eigenvalue weighted by molar-refractivity contribution is 0.0785. The van der Waals surface area contributed by atoms with Gasteiger partial charge in [-0.3, -0.25) is 9.10 Å². The number of methoxy groups -OCH3 is 1. The second-order valence-electron chi connectivity index (χ2n) is 6.65. The maximum absolute atomic E-state index is 12.7. The van der Waals surface area contributed by atoms with E-state index in [2.05, 4.69) is 0 Å². The van der Waals surface area contributed by atoms with E-state index in [1.807, 2.05) is 24.3 Å². The highest BCUT2D eigenvalue weighted by atomic mass is 32.2. The Morgan fingerprint density at radius 3 is 2.33 bits per heavy atom. The molecule has 2 aromatic carbocycles. The maximum Gasteiger partial charge on any atom is 0.253 e. The van der Waals surface area contributed by atoms with Gasteiger partial charge in [-0.15, -0.1) is 0 Å². The molecule has 2 aromatic rings. The van der Waals surface area contributed by atoms with Crippen molar-refractivity contribution in [3.8, 4) is 5.75 Å². The van der Waals surface area contributed by atoms with Crippen LogP contribution in [0.4, 0.5) is 5.69 Å². The fourth-order valence-corrected chi connectivity index (χ4v) is 4.79. The number of carbonyl (C=O) groups excluding carboxylic acids is 1. The molecular weight excluding hydrogens is 364 g/mol. The molecule has 1 saturated heterocycles. The molecule has 27 heavy (non-hydrogen) atoms. The Labute approximate surface area is 160 Å². The molecule has 0 radical (unpaired) electrons. The lowest BCUT2D eigenvalue weighted by Gasteiger charge is -2.28. The molecule has 0 unspecified atom stereocenters. The van der Waals surface area contributed by atoms with E-state index < -0.39 is 10.0 Å². The van der Waals surface area contributed by atoms with E-state index in [-0.39, 0.29) is 11.7 Å². The zero-order valence-corrected chi connectivity index (χ0v) is 16.4. The summed E-state index contributed by atoms with van der Waals surface area (Å²) in [4.78, 5) is 14.3. The summed E-state index contributed by atoms with van der Waals surface area (Å²) in [5.74, 6) is 0.841. The van der Waals surface area contributed by atoms with Gasteiger partial charge in [-0.2, -0.15) is 0 Å². The van der Waals surface area contributed by atoms with Crippen LogP contribution in [0.15, 0.2) is 48.5 Å². The van der Waals surface area contributed by atoms with E-state index in [1.165, 1.54) is 4.31 Å². The highest BCUT2D eigenvalue weighted by molar-refractivity contribution is 7.92. The summed E-state index contributed by atoms with van der Waals surface area (Å²) >= 11 is 0. The number of sulfonamides is 1. The number of nitrogens with zero attached hydrogens (tertiary/aromatic N) is 2. The average molecular weight is 388 g/mol. The molecule has 1 fully saturated rings. The first-order valence-electron chi connectivity index (χ1n) is 8.89. The van der Waals surface area contributed by atoms with Crippen LogP contribution < -0.4 is 9.04 Å². The predicted molar refractivity (Wildman–Crippen MR) is 106 cm³/mol. The van der Waals surface area contributed by atoms with Gasteiger partial charge in [-0.25, -0.2) is 8.42 Å². The Balaban J connectivity index is 1.69. The fraction of sp³-hybridized carbons (Fsp3) is 0.350. The zero-order chi connectivity index (χ0) is 19.4. The number of rotatable bonds is 5. The number of hydrogen-bond donors (Lipinski definition) is 0. The van der Waals surface area contributed by atoms with Gasteiger partial charge in [-0.1, -0.05) is 12.1 Å². The molecule has 3 rings (SSSR count). The second kappa shape index (κ2) is 8.00. The summed E-state index contributed by atoms with van der Waals surface area (Å²) in [5, 5.41) is 0. The van der Waals surface area contributed by atoms with E-state index >= 15 is 0 Å². The molecule has 0 N–H and O–H groups in total. The molecule has 0 saturated carbocycles. The van der Waals surface area contributed by atoms with Crippen molar-refractivity contribution >= 4 is 21.6 Å². The van der Waals surface area contributed by atoms with Crippen LogP contribution in [-0.4, -0.2) is 45.7 Å². The summed E-state index contributed by atoms with van der Waals surface area (Å²) < 4.78 is 31.0. The minimum Gasteiger partial charge on any atom is -0.497 e. The SMILES string of the molecule is COc1ccc(CN(C)C(=O)c2ccc(N3CCCCS3(=O)=O)cc2)cc1. The Morgan fingerprint density at radius 1 is 1.07 bits per heavy atom. The molecule has 0 aliphatic carbocycles. The van der Waals surface area contributed by atoms with Crippen LogP contribution in [-0.2, 0) is 16.6 Å². The third kappa shape index (κ3) is 4.42. The molecule has 0 aromatic heterocycles. The van der Waals surface area contributed by atoms with E-state index in [9.17, 15) is 13.2 Å². The summed E-state index contributed by atoms with van der Waals surface area (Å²) in [6.07, 6.45) is 1.55. The smallest absolute Gasteiger partial charge is 0.253 e. The van der Waals surface area contributed by atoms with Crippen LogP contribution in [0.1, 0.15) is 28.8 Å². The van der Waals surface area contributed by atoms with Crippen molar-refractivity contribution in [2.24, 2.45) is 0 Å². The Hall–Kier alpha value is -2.54. The largest absolute Gasteiger partial charge is 0.497 e. The van der Waals surface area contributed by atoms with Gasteiger partial charge in [0, 0.05) is 25.7 Å². The number of carbonyl (C=O) groups is 1. The van der Waals surface area contributed by atoms with Crippen molar-refractivity contribution < 1.29 is 17.9 Å². The van der Waals surface area contributed by atoms with E-state index in [4.69, 9.17) is 4.74 Å². The first kappa shape index (κ1) is 19.2. The summed E-state index contributed by atoms with van der Waals surface area (Å²) in [7, 11) is 0.115. The molecule has 1 aliphatic rings. The maximum atomic E-state index is 12.7. The first-order chi connectivity index (χ1) is 12.9. The van der Waals surface area contributed by atoms with Crippen LogP contribution in [0.3, 0.4) is 0 Å². The van der Waals surface area contributed by atoms with Crippen LogP contribution >= 0.6 is 0 Å². The molecular formula is C20H24N2O4S. The minimum atomic E-state index is -3.24. The van der Waals surface area contributed by atoms with Crippen LogP contribution in [0.2, 0.25) is 0 Å². The van der Waals surface area contributed by atoms with Crippen molar-refractivity contribution in [1.82, 2.24) is 4.90 Å². The molecule has 7 heteroatoms. The van der Waals surface area contributed by atoms with Crippen molar-refractivity contribution in [3.05, 3.63) is 59.7 Å². The van der Waals surface area contributed by atoms with E-state index in [0.29, 0.717) is 30.8 Å². The number of hydrogen-bond acceptors (Lipinski definition) is 4. The Morgan fingerprint density at radius 2 is 1.74 bits per heavy atom. The third-order valence-corrected chi connectivity index (χ3v) is 6.55. The normalized spacial score (nSPS) is 16.0. The Bertz CT molecular complexity index is 893. The van der Waals surface area contributed by atoms with E-state index in [1.54, 1.807) is 43.3 Å². The number of anilines is 1. The van der Waals surface area contributed by atoms with Gasteiger partial charge in [0.05, 0.1) is 18.6 Å². The van der Waals surface area contributed by atoms with Gasteiger partial charge in [0.15, 0.2) is 0 Å². The lowest BCUT2D eigenvalue weighted by atomic mass is 10.1. The zero-order valence-electron chi connectivity index (χ0n) is 15.6. The predicted octanol–water partition coefficient (Wildman–Crippen LogP) is 2.90. The molecule has 6 nitrogen and oxygen atoms in total.